The summed E-state index contributed by atoms with van der Waals surface area (Å²) in [6.45, 7) is 0. The van der Waals surface area contributed by atoms with Gasteiger partial charge in [0.15, 0.2) is 17.5 Å². The Labute approximate surface area is 431 Å². The van der Waals surface area contributed by atoms with Crippen molar-refractivity contribution in [2.75, 3.05) is 0 Å². The summed E-state index contributed by atoms with van der Waals surface area (Å²) >= 11 is 0. The highest BCUT2D eigenvalue weighted by Crippen LogP contribution is 2.45. The summed E-state index contributed by atoms with van der Waals surface area (Å²) in [6, 6.07) is 89.3. The van der Waals surface area contributed by atoms with Crippen LogP contribution < -0.4 is 0 Å². The molecule has 0 fully saturated rings. The minimum Gasteiger partial charge on any atom is -0.456 e. The van der Waals surface area contributed by atoms with Crippen LogP contribution >= 0.6 is 0 Å². The van der Waals surface area contributed by atoms with Gasteiger partial charge in [-0.15, -0.1) is 0 Å². The molecular weight excluding hydrogens is 917 g/mol. The Morgan fingerprint density at radius 2 is 0.760 bits per heavy atom. The smallest absolute Gasteiger partial charge is 0.164 e. The quantitative estimate of drug-likeness (QED) is 0.152. The molecular formula is C69H42N4O2. The van der Waals surface area contributed by atoms with E-state index in [-0.39, 0.29) is 0 Å². The Bertz CT molecular complexity index is 4650. The predicted octanol–water partition coefficient (Wildman–Crippen LogP) is 18.4. The molecule has 0 N–H and O–H groups in total. The zero-order valence-electron chi connectivity index (χ0n) is 40.4. The van der Waals surface area contributed by atoms with Crippen molar-refractivity contribution in [1.29, 1.82) is 0 Å². The van der Waals surface area contributed by atoms with Crippen LogP contribution in [0.3, 0.4) is 0 Å². The molecule has 0 aliphatic carbocycles. The number of hydrogen-bond donors (Lipinski definition) is 0. The van der Waals surface area contributed by atoms with E-state index < -0.39 is 0 Å². The average Bonchev–Trinajstić information content (AvgIpc) is 4.25. The molecule has 0 unspecified atom stereocenters. The monoisotopic (exact) mass is 958 g/mol. The summed E-state index contributed by atoms with van der Waals surface area (Å²) in [5.41, 5.74) is 18.2. The van der Waals surface area contributed by atoms with Gasteiger partial charge in [0.05, 0.1) is 22.1 Å². The van der Waals surface area contributed by atoms with Crippen LogP contribution in [0.25, 0.3) is 150 Å². The Balaban J connectivity index is 0.841. The Hall–Kier alpha value is -10.2. The van der Waals surface area contributed by atoms with Crippen molar-refractivity contribution in [2.24, 2.45) is 0 Å². The van der Waals surface area contributed by atoms with Crippen LogP contribution in [0.15, 0.2) is 264 Å². The van der Waals surface area contributed by atoms with Crippen molar-refractivity contribution in [1.82, 2.24) is 19.5 Å². The first-order valence-corrected chi connectivity index (χ1v) is 25.2. The van der Waals surface area contributed by atoms with Crippen LogP contribution in [0.1, 0.15) is 0 Å². The van der Waals surface area contributed by atoms with Gasteiger partial charge in [0.25, 0.3) is 0 Å². The average molecular weight is 959 g/mol. The van der Waals surface area contributed by atoms with Crippen molar-refractivity contribution in [3.63, 3.8) is 0 Å². The molecule has 11 aromatic carbocycles. The Morgan fingerprint density at radius 3 is 1.52 bits per heavy atom. The fourth-order valence-corrected chi connectivity index (χ4v) is 11.1. The van der Waals surface area contributed by atoms with Gasteiger partial charge in [-0.2, -0.15) is 0 Å². The topological polar surface area (TPSA) is 69.9 Å². The van der Waals surface area contributed by atoms with Gasteiger partial charge < -0.3 is 13.4 Å². The van der Waals surface area contributed by atoms with E-state index >= 15 is 0 Å². The third kappa shape index (κ3) is 7.14. The van der Waals surface area contributed by atoms with Crippen molar-refractivity contribution in [2.45, 2.75) is 0 Å². The molecule has 0 saturated carbocycles. The van der Waals surface area contributed by atoms with Gasteiger partial charge in [-0.05, 0) is 106 Å². The lowest BCUT2D eigenvalue weighted by Crippen LogP contribution is -2.00. The molecule has 75 heavy (non-hydrogen) atoms. The van der Waals surface area contributed by atoms with Crippen LogP contribution in [0.4, 0.5) is 0 Å². The fraction of sp³-hybridized carbons (Fsp3) is 0. The molecule has 350 valence electrons. The first kappa shape index (κ1) is 42.5. The van der Waals surface area contributed by atoms with E-state index in [0.29, 0.717) is 17.5 Å². The molecule has 6 nitrogen and oxygen atoms in total. The van der Waals surface area contributed by atoms with Gasteiger partial charge in [-0.1, -0.05) is 188 Å². The fourth-order valence-electron chi connectivity index (χ4n) is 11.1. The number of nitrogens with zero attached hydrogens (tertiary/aromatic N) is 4. The molecule has 0 aliphatic heterocycles. The van der Waals surface area contributed by atoms with Gasteiger partial charge >= 0.3 is 0 Å². The second kappa shape index (κ2) is 17.3. The third-order valence-corrected chi connectivity index (χ3v) is 14.7. The van der Waals surface area contributed by atoms with Crippen LogP contribution in [0.2, 0.25) is 0 Å². The molecule has 0 bridgehead atoms. The molecule has 0 atom stereocenters. The molecule has 4 aromatic heterocycles. The third-order valence-electron chi connectivity index (χ3n) is 14.7. The lowest BCUT2D eigenvalue weighted by molar-refractivity contribution is 0.669. The highest BCUT2D eigenvalue weighted by Gasteiger charge is 2.22. The number of aromatic nitrogens is 4. The molecule has 0 spiro atoms. The Morgan fingerprint density at radius 1 is 0.267 bits per heavy atom. The molecule has 15 rings (SSSR count). The second-order valence-corrected chi connectivity index (χ2v) is 19.1. The largest absolute Gasteiger partial charge is 0.456 e. The minimum atomic E-state index is 0.598. The van der Waals surface area contributed by atoms with Crippen molar-refractivity contribution < 1.29 is 8.83 Å². The molecule has 15 aromatic rings. The van der Waals surface area contributed by atoms with E-state index in [9.17, 15) is 0 Å². The normalized spacial score (nSPS) is 11.7. The van der Waals surface area contributed by atoms with Crippen LogP contribution in [-0.4, -0.2) is 19.5 Å². The summed E-state index contributed by atoms with van der Waals surface area (Å²) < 4.78 is 15.9. The van der Waals surface area contributed by atoms with Crippen LogP contribution in [0.5, 0.6) is 0 Å². The number of para-hydroxylation sites is 2. The Kier molecular flexibility index (Phi) is 9.78. The molecule has 0 radical (unpaired) electrons. The number of hydrogen-bond acceptors (Lipinski definition) is 5. The SMILES string of the molecule is c1ccc(-c2ccc3c(c2)c2ccccc2n3-c2cccc3oc4ccc(-c5cccc(-c6ccc(-c7cccc(-c8nc(-c9ccccc9)nc(-c9ccccc9)n8)c7)c7oc8ccccc8c67)c5)cc4c23)cc1. The van der Waals surface area contributed by atoms with Crippen LogP contribution in [0, 0.1) is 0 Å². The van der Waals surface area contributed by atoms with Gasteiger partial charge in [-0.3, -0.25) is 0 Å². The highest BCUT2D eigenvalue weighted by molar-refractivity contribution is 6.18. The summed E-state index contributed by atoms with van der Waals surface area (Å²) in [4.78, 5) is 15.0. The summed E-state index contributed by atoms with van der Waals surface area (Å²) in [5, 5.41) is 6.69. The summed E-state index contributed by atoms with van der Waals surface area (Å²) in [7, 11) is 0. The molecule has 0 saturated heterocycles. The summed E-state index contributed by atoms with van der Waals surface area (Å²) in [6.07, 6.45) is 0. The lowest BCUT2D eigenvalue weighted by atomic mass is 9.92. The zero-order valence-corrected chi connectivity index (χ0v) is 40.4. The number of furan rings is 2. The van der Waals surface area contributed by atoms with Gasteiger partial charge in [0.2, 0.25) is 0 Å². The maximum Gasteiger partial charge on any atom is 0.164 e. The highest BCUT2D eigenvalue weighted by atomic mass is 16.3. The van der Waals surface area contributed by atoms with E-state index in [4.69, 9.17) is 23.8 Å². The van der Waals surface area contributed by atoms with Gasteiger partial charge in [-0.25, -0.2) is 15.0 Å². The van der Waals surface area contributed by atoms with E-state index in [1.54, 1.807) is 0 Å². The lowest BCUT2D eigenvalue weighted by Gasteiger charge is -2.12. The first-order chi connectivity index (χ1) is 37.2. The second-order valence-electron chi connectivity index (χ2n) is 19.1. The van der Waals surface area contributed by atoms with E-state index in [2.05, 4.69) is 193 Å². The number of fused-ring (bicyclic) bond motifs is 9. The standard InChI is InChI=1S/C69H42N4O2/c1-4-17-43(18-5-1)47-33-37-59-56(41-47)54-27-10-12-29-58(54)73(59)60-30-16-32-63-65(60)57-42-48(34-38-62(57)74-63)46-23-14-24-49(39-46)52-35-36-53(66-64(52)55-28-11-13-31-61(55)75-66)50-25-15-26-51(40-50)69-71-67(44-19-6-2-7-20-44)70-68(72-69)45-21-8-3-9-22-45/h1-42H. The predicted molar refractivity (Wildman–Crippen MR) is 307 cm³/mol. The minimum absolute atomic E-state index is 0.598. The van der Waals surface area contributed by atoms with Crippen molar-refractivity contribution in [3.05, 3.63) is 255 Å². The van der Waals surface area contributed by atoms with E-state index in [0.717, 1.165) is 111 Å². The maximum absolute atomic E-state index is 6.86. The van der Waals surface area contributed by atoms with Gasteiger partial charge in [0.1, 0.15) is 22.3 Å². The number of benzene rings is 11. The number of rotatable bonds is 8. The van der Waals surface area contributed by atoms with E-state index in [1.807, 2.05) is 66.7 Å². The molecule has 6 heteroatoms. The molecule has 0 amide bonds. The van der Waals surface area contributed by atoms with Crippen LogP contribution in [-0.2, 0) is 0 Å². The first-order valence-electron chi connectivity index (χ1n) is 25.2. The summed E-state index contributed by atoms with van der Waals surface area (Å²) in [5.74, 6) is 1.84. The maximum atomic E-state index is 6.86. The zero-order chi connectivity index (χ0) is 49.4. The van der Waals surface area contributed by atoms with E-state index in [1.165, 1.54) is 21.9 Å². The molecule has 0 aliphatic rings. The van der Waals surface area contributed by atoms with Crippen molar-refractivity contribution in [3.8, 4) is 84.4 Å². The van der Waals surface area contributed by atoms with Crippen molar-refractivity contribution >= 4 is 65.7 Å². The van der Waals surface area contributed by atoms with Gasteiger partial charge in [0, 0.05) is 49.2 Å². The molecule has 4 heterocycles.